The summed E-state index contributed by atoms with van der Waals surface area (Å²) in [5, 5.41) is 1.37. The maximum Gasteiger partial charge on any atom is 0.141 e. The molecule has 140 valence electrons. The first kappa shape index (κ1) is 17.2. The highest BCUT2D eigenvalue weighted by Gasteiger charge is 2.27. The van der Waals surface area contributed by atoms with E-state index in [2.05, 4.69) is 47.1 Å². The van der Waals surface area contributed by atoms with Gasteiger partial charge in [-0.3, -0.25) is 0 Å². The molecule has 1 aliphatic heterocycles. The van der Waals surface area contributed by atoms with Crippen molar-refractivity contribution < 1.29 is 0 Å². The van der Waals surface area contributed by atoms with Crippen molar-refractivity contribution in [3.8, 4) is 0 Å². The van der Waals surface area contributed by atoms with Crippen molar-refractivity contribution in [2.75, 3.05) is 18.0 Å². The summed E-state index contributed by atoms with van der Waals surface area (Å²) in [5.41, 5.74) is 3.02. The molecule has 1 aromatic carbocycles. The highest BCUT2D eigenvalue weighted by molar-refractivity contribution is 7.19. The Morgan fingerprint density at radius 2 is 1.89 bits per heavy atom. The summed E-state index contributed by atoms with van der Waals surface area (Å²) >= 11 is 1.91. The Labute approximate surface area is 165 Å². The largest absolute Gasteiger partial charge is 0.356 e. The monoisotopic (exact) mass is 377 g/mol. The van der Waals surface area contributed by atoms with Crippen molar-refractivity contribution >= 4 is 27.4 Å². The second-order valence-electron chi connectivity index (χ2n) is 8.35. The van der Waals surface area contributed by atoms with Crippen LogP contribution in [-0.4, -0.2) is 23.1 Å². The standard InChI is InChI=1S/C23H27N3S/c1-16-7-8-19-20(13-16)27-23-21(19)22(24-15-25-23)26-11-9-18(10-12-26)14-17-5-3-2-4-6-17/h2-6,15-16,18H,7-14H2,1H3/t16-/m0/s1. The summed E-state index contributed by atoms with van der Waals surface area (Å²) in [6.07, 6.45) is 9.20. The summed E-state index contributed by atoms with van der Waals surface area (Å²) in [6.45, 7) is 4.60. The van der Waals surface area contributed by atoms with Crippen molar-refractivity contribution in [1.29, 1.82) is 0 Å². The Balaban J connectivity index is 1.36. The summed E-state index contributed by atoms with van der Waals surface area (Å²) in [5.74, 6) is 2.79. The van der Waals surface area contributed by atoms with Gasteiger partial charge >= 0.3 is 0 Å². The number of aromatic nitrogens is 2. The van der Waals surface area contributed by atoms with Crippen molar-refractivity contribution in [2.45, 2.75) is 45.4 Å². The van der Waals surface area contributed by atoms with Crippen molar-refractivity contribution in [3.05, 3.63) is 52.7 Å². The Kier molecular flexibility index (Phi) is 4.60. The van der Waals surface area contributed by atoms with E-state index >= 15 is 0 Å². The second kappa shape index (κ2) is 7.23. The SMILES string of the molecule is C[C@H]1CCc2c(sc3ncnc(N4CCC(Cc5ccccc5)CC4)c23)C1. The number of anilines is 1. The second-order valence-corrected chi connectivity index (χ2v) is 9.43. The number of hydrogen-bond acceptors (Lipinski definition) is 4. The Hall–Kier alpha value is -1.94. The maximum absolute atomic E-state index is 4.76. The quantitative estimate of drug-likeness (QED) is 0.622. The summed E-state index contributed by atoms with van der Waals surface area (Å²) in [7, 11) is 0. The minimum Gasteiger partial charge on any atom is -0.356 e. The number of nitrogens with zero attached hydrogens (tertiary/aromatic N) is 3. The van der Waals surface area contributed by atoms with E-state index in [1.54, 1.807) is 16.8 Å². The third kappa shape index (κ3) is 3.36. The van der Waals surface area contributed by atoms with Crippen LogP contribution < -0.4 is 4.90 Å². The molecule has 0 N–H and O–H groups in total. The molecule has 5 rings (SSSR count). The molecule has 0 unspecified atom stereocenters. The van der Waals surface area contributed by atoms with E-state index in [0.29, 0.717) is 0 Å². The number of rotatable bonds is 3. The average molecular weight is 378 g/mol. The van der Waals surface area contributed by atoms with Gasteiger partial charge in [-0.2, -0.15) is 0 Å². The first-order valence-corrected chi connectivity index (χ1v) is 11.1. The predicted molar refractivity (Wildman–Crippen MR) is 114 cm³/mol. The van der Waals surface area contributed by atoms with Gasteiger partial charge in [0.05, 0.1) is 5.39 Å². The molecule has 2 aliphatic rings. The number of aryl methyl sites for hydroxylation is 1. The fraction of sp³-hybridized carbons (Fsp3) is 0.478. The van der Waals surface area contributed by atoms with Crippen LogP contribution in [0, 0.1) is 11.8 Å². The van der Waals surface area contributed by atoms with Gasteiger partial charge in [-0.25, -0.2) is 9.97 Å². The van der Waals surface area contributed by atoms with Crippen LogP contribution >= 0.6 is 11.3 Å². The third-order valence-corrected chi connectivity index (χ3v) is 7.52. The van der Waals surface area contributed by atoms with E-state index in [9.17, 15) is 0 Å². The van der Waals surface area contributed by atoms with Gasteiger partial charge in [0.15, 0.2) is 0 Å². The van der Waals surface area contributed by atoms with Crippen LogP contribution in [0.3, 0.4) is 0 Å². The lowest BCUT2D eigenvalue weighted by molar-refractivity contribution is 0.402. The van der Waals surface area contributed by atoms with Gasteiger partial charge in [0.1, 0.15) is 17.0 Å². The molecule has 0 amide bonds. The average Bonchev–Trinajstić information content (AvgIpc) is 3.07. The molecule has 3 aromatic rings. The molecule has 1 atom stereocenters. The third-order valence-electron chi connectivity index (χ3n) is 6.35. The molecular weight excluding hydrogens is 350 g/mol. The van der Waals surface area contributed by atoms with E-state index in [1.807, 2.05) is 11.3 Å². The highest BCUT2D eigenvalue weighted by Crippen LogP contribution is 2.41. The number of benzene rings is 1. The number of piperidine rings is 1. The molecule has 27 heavy (non-hydrogen) atoms. The first-order chi connectivity index (χ1) is 13.3. The summed E-state index contributed by atoms with van der Waals surface area (Å²) in [6, 6.07) is 10.9. The molecule has 2 aromatic heterocycles. The van der Waals surface area contributed by atoms with Gasteiger partial charge in [-0.15, -0.1) is 11.3 Å². The van der Waals surface area contributed by atoms with Crippen LogP contribution in [0.4, 0.5) is 5.82 Å². The Morgan fingerprint density at radius 1 is 1.07 bits per heavy atom. The molecule has 1 aliphatic carbocycles. The number of thiophene rings is 1. The summed E-state index contributed by atoms with van der Waals surface area (Å²) < 4.78 is 0. The summed E-state index contributed by atoms with van der Waals surface area (Å²) in [4.78, 5) is 14.7. The van der Waals surface area contributed by atoms with Crippen molar-refractivity contribution in [3.63, 3.8) is 0 Å². The molecule has 1 fully saturated rings. The molecule has 0 saturated carbocycles. The van der Waals surface area contributed by atoms with E-state index in [1.165, 1.54) is 60.1 Å². The van der Waals surface area contributed by atoms with E-state index < -0.39 is 0 Å². The maximum atomic E-state index is 4.76. The Morgan fingerprint density at radius 3 is 2.70 bits per heavy atom. The predicted octanol–water partition coefficient (Wildman–Crippen LogP) is 5.28. The van der Waals surface area contributed by atoms with Crippen LogP contribution in [0.5, 0.6) is 0 Å². The van der Waals surface area contributed by atoms with Gasteiger partial charge in [0.25, 0.3) is 0 Å². The molecule has 0 spiro atoms. The molecular formula is C23H27N3S. The van der Waals surface area contributed by atoms with Crippen molar-refractivity contribution in [2.24, 2.45) is 11.8 Å². The highest BCUT2D eigenvalue weighted by atomic mass is 32.1. The fourth-order valence-corrected chi connectivity index (χ4v) is 6.14. The lowest BCUT2D eigenvalue weighted by Gasteiger charge is -2.33. The van der Waals surface area contributed by atoms with Gasteiger partial charge in [-0.1, -0.05) is 37.3 Å². The van der Waals surface area contributed by atoms with E-state index in [-0.39, 0.29) is 0 Å². The van der Waals surface area contributed by atoms with Gasteiger partial charge < -0.3 is 4.90 Å². The van der Waals surface area contributed by atoms with Crippen LogP contribution in [-0.2, 0) is 19.3 Å². The minimum absolute atomic E-state index is 0.790. The zero-order valence-electron chi connectivity index (χ0n) is 16.0. The zero-order valence-corrected chi connectivity index (χ0v) is 16.8. The lowest BCUT2D eigenvalue weighted by Crippen LogP contribution is -2.35. The topological polar surface area (TPSA) is 29.0 Å². The van der Waals surface area contributed by atoms with Crippen LogP contribution in [0.2, 0.25) is 0 Å². The van der Waals surface area contributed by atoms with E-state index in [4.69, 9.17) is 4.98 Å². The Bertz CT molecular complexity index is 925. The van der Waals surface area contributed by atoms with Gasteiger partial charge in [-0.05, 0) is 61.5 Å². The van der Waals surface area contributed by atoms with Crippen LogP contribution in [0.1, 0.15) is 42.2 Å². The fourth-order valence-electron chi connectivity index (χ4n) is 4.79. The molecule has 1 saturated heterocycles. The van der Waals surface area contributed by atoms with Crippen LogP contribution in [0.15, 0.2) is 36.7 Å². The molecule has 4 heteroatoms. The minimum atomic E-state index is 0.790. The normalized spacial score (nSPS) is 20.8. The molecule has 0 bridgehead atoms. The van der Waals surface area contributed by atoms with Gasteiger partial charge in [0, 0.05) is 18.0 Å². The number of fused-ring (bicyclic) bond motifs is 3. The van der Waals surface area contributed by atoms with Gasteiger partial charge in [0.2, 0.25) is 0 Å². The first-order valence-electron chi connectivity index (χ1n) is 10.3. The van der Waals surface area contributed by atoms with E-state index in [0.717, 1.165) is 24.9 Å². The molecule has 0 radical (unpaired) electrons. The van der Waals surface area contributed by atoms with Crippen molar-refractivity contribution in [1.82, 2.24) is 9.97 Å². The van der Waals surface area contributed by atoms with Crippen LogP contribution in [0.25, 0.3) is 10.2 Å². The lowest BCUT2D eigenvalue weighted by atomic mass is 9.88. The molecule has 3 heterocycles. The molecule has 3 nitrogen and oxygen atoms in total. The number of hydrogen-bond donors (Lipinski definition) is 0. The zero-order chi connectivity index (χ0) is 18.2. The smallest absolute Gasteiger partial charge is 0.141 e.